The zero-order valence-corrected chi connectivity index (χ0v) is 8.58. The standard InChI is InChI=1S/C9H9N3O2S/c1-2-15(13,14)12-8-4-6-11-9-7(8)3-5-10-9/h2-6H,1H2,(H2,10,11,12). The maximum absolute atomic E-state index is 11.3. The molecule has 0 aliphatic rings. The van der Waals surface area contributed by atoms with Crippen LogP contribution in [0.15, 0.2) is 36.5 Å². The number of hydrogen-bond donors (Lipinski definition) is 2. The van der Waals surface area contributed by atoms with Crippen molar-refractivity contribution in [2.45, 2.75) is 0 Å². The van der Waals surface area contributed by atoms with Gasteiger partial charge in [-0.25, -0.2) is 13.4 Å². The van der Waals surface area contributed by atoms with Gasteiger partial charge in [-0.15, -0.1) is 0 Å². The lowest BCUT2D eigenvalue weighted by Gasteiger charge is -2.04. The van der Waals surface area contributed by atoms with E-state index in [1.165, 1.54) is 6.20 Å². The number of anilines is 1. The number of aromatic amines is 1. The quantitative estimate of drug-likeness (QED) is 0.826. The minimum Gasteiger partial charge on any atom is -0.346 e. The molecule has 6 heteroatoms. The van der Waals surface area contributed by atoms with Gasteiger partial charge in [0.25, 0.3) is 10.0 Å². The van der Waals surface area contributed by atoms with Crippen molar-refractivity contribution < 1.29 is 8.42 Å². The van der Waals surface area contributed by atoms with Crippen LogP contribution in [0.5, 0.6) is 0 Å². The fraction of sp³-hybridized carbons (Fsp3) is 0. The number of sulfonamides is 1. The predicted molar refractivity (Wildman–Crippen MR) is 58.8 cm³/mol. The molecule has 2 aromatic heterocycles. The summed E-state index contributed by atoms with van der Waals surface area (Å²) in [6.07, 6.45) is 3.23. The zero-order chi connectivity index (χ0) is 10.9. The predicted octanol–water partition coefficient (Wildman–Crippen LogP) is 1.45. The van der Waals surface area contributed by atoms with Gasteiger partial charge >= 0.3 is 0 Å². The summed E-state index contributed by atoms with van der Waals surface area (Å²) in [6.45, 7) is 3.22. The molecule has 0 aliphatic carbocycles. The van der Waals surface area contributed by atoms with Gasteiger partial charge in [-0.2, -0.15) is 0 Å². The number of fused-ring (bicyclic) bond motifs is 1. The SMILES string of the molecule is C=CS(=O)(=O)Nc1ccnc2[nH]ccc12. The first-order chi connectivity index (χ1) is 7.12. The number of H-pyrrole nitrogens is 1. The highest BCUT2D eigenvalue weighted by Gasteiger charge is 2.08. The molecule has 0 radical (unpaired) electrons. The van der Waals surface area contributed by atoms with Crippen molar-refractivity contribution >= 4 is 26.7 Å². The Morgan fingerprint density at radius 1 is 1.47 bits per heavy atom. The molecule has 0 aromatic carbocycles. The van der Waals surface area contributed by atoms with E-state index in [0.717, 1.165) is 10.8 Å². The molecule has 78 valence electrons. The molecule has 5 nitrogen and oxygen atoms in total. The Kier molecular flexibility index (Phi) is 2.20. The number of rotatable bonds is 3. The van der Waals surface area contributed by atoms with Crippen LogP contribution in [0.2, 0.25) is 0 Å². The molecule has 2 N–H and O–H groups in total. The van der Waals surface area contributed by atoms with E-state index in [0.29, 0.717) is 11.3 Å². The third-order valence-electron chi connectivity index (χ3n) is 1.93. The van der Waals surface area contributed by atoms with Gasteiger partial charge in [0.05, 0.1) is 5.69 Å². The number of nitrogens with one attached hydrogen (secondary N) is 2. The number of nitrogens with zero attached hydrogens (tertiary/aromatic N) is 1. The van der Waals surface area contributed by atoms with Crippen LogP contribution in [-0.4, -0.2) is 18.4 Å². The van der Waals surface area contributed by atoms with Gasteiger partial charge in [-0.3, -0.25) is 4.72 Å². The maximum Gasteiger partial charge on any atom is 0.254 e. The smallest absolute Gasteiger partial charge is 0.254 e. The van der Waals surface area contributed by atoms with Crippen molar-refractivity contribution in [1.82, 2.24) is 9.97 Å². The first-order valence-corrected chi connectivity index (χ1v) is 5.74. The summed E-state index contributed by atoms with van der Waals surface area (Å²) in [4.78, 5) is 6.93. The van der Waals surface area contributed by atoms with Gasteiger partial charge in [0, 0.05) is 23.2 Å². The van der Waals surface area contributed by atoms with Crippen LogP contribution in [0.3, 0.4) is 0 Å². The third-order valence-corrected chi connectivity index (χ3v) is 2.88. The molecule has 2 rings (SSSR count). The van der Waals surface area contributed by atoms with Gasteiger partial charge in [0.1, 0.15) is 5.65 Å². The maximum atomic E-state index is 11.3. The molecule has 2 aromatic rings. The van der Waals surface area contributed by atoms with Crippen molar-refractivity contribution in [1.29, 1.82) is 0 Å². The molecule has 0 aliphatic heterocycles. The summed E-state index contributed by atoms with van der Waals surface area (Å²) in [5.41, 5.74) is 1.13. The number of aromatic nitrogens is 2. The normalized spacial score (nSPS) is 11.5. The summed E-state index contributed by atoms with van der Waals surface area (Å²) < 4.78 is 24.9. The molecule has 2 heterocycles. The van der Waals surface area contributed by atoms with Crippen LogP contribution < -0.4 is 4.72 Å². The van der Waals surface area contributed by atoms with E-state index < -0.39 is 10.0 Å². The summed E-state index contributed by atoms with van der Waals surface area (Å²) >= 11 is 0. The molecule has 0 fully saturated rings. The second-order valence-corrected chi connectivity index (χ2v) is 4.54. The largest absolute Gasteiger partial charge is 0.346 e. The monoisotopic (exact) mass is 223 g/mol. The molecular weight excluding hydrogens is 214 g/mol. The molecule has 0 unspecified atom stereocenters. The van der Waals surface area contributed by atoms with Crippen molar-refractivity contribution in [2.24, 2.45) is 0 Å². The molecule has 0 saturated carbocycles. The van der Waals surface area contributed by atoms with Crippen LogP contribution in [0, 0.1) is 0 Å². The number of pyridine rings is 1. The minimum atomic E-state index is -3.47. The van der Waals surface area contributed by atoms with E-state index in [4.69, 9.17) is 0 Å². The van der Waals surface area contributed by atoms with Gasteiger partial charge in [0.2, 0.25) is 0 Å². The molecule has 0 atom stereocenters. The Morgan fingerprint density at radius 2 is 2.27 bits per heavy atom. The summed E-state index contributed by atoms with van der Waals surface area (Å²) in [5.74, 6) is 0. The Bertz CT molecular complexity index is 601. The Balaban J connectivity index is 2.53. The molecule has 0 saturated heterocycles. The fourth-order valence-electron chi connectivity index (χ4n) is 1.24. The van der Waals surface area contributed by atoms with E-state index >= 15 is 0 Å². The van der Waals surface area contributed by atoms with Gasteiger partial charge in [-0.05, 0) is 12.1 Å². The van der Waals surface area contributed by atoms with Crippen LogP contribution in [0.1, 0.15) is 0 Å². The molecule has 15 heavy (non-hydrogen) atoms. The fourth-order valence-corrected chi connectivity index (χ4v) is 1.81. The van der Waals surface area contributed by atoms with Gasteiger partial charge in [-0.1, -0.05) is 6.58 Å². The summed E-state index contributed by atoms with van der Waals surface area (Å²) in [7, 11) is -3.47. The molecule has 0 spiro atoms. The average Bonchev–Trinajstić information content (AvgIpc) is 2.66. The van der Waals surface area contributed by atoms with Crippen LogP contribution in [-0.2, 0) is 10.0 Å². The Morgan fingerprint density at radius 3 is 3.00 bits per heavy atom. The van der Waals surface area contributed by atoms with E-state index in [1.807, 2.05) is 0 Å². The molecular formula is C9H9N3O2S. The van der Waals surface area contributed by atoms with Crippen molar-refractivity contribution in [3.63, 3.8) is 0 Å². The third kappa shape index (κ3) is 1.84. The Hall–Kier alpha value is -1.82. The Labute approximate surface area is 86.9 Å². The van der Waals surface area contributed by atoms with Crippen molar-refractivity contribution in [2.75, 3.05) is 4.72 Å². The van der Waals surface area contributed by atoms with Gasteiger partial charge < -0.3 is 4.98 Å². The highest BCUT2D eigenvalue weighted by Crippen LogP contribution is 2.21. The lowest BCUT2D eigenvalue weighted by atomic mass is 10.3. The zero-order valence-electron chi connectivity index (χ0n) is 7.77. The first-order valence-electron chi connectivity index (χ1n) is 4.20. The second-order valence-electron chi connectivity index (χ2n) is 2.91. The van der Waals surface area contributed by atoms with E-state index in [-0.39, 0.29) is 0 Å². The molecule has 0 amide bonds. The average molecular weight is 223 g/mol. The highest BCUT2D eigenvalue weighted by atomic mass is 32.2. The van der Waals surface area contributed by atoms with Crippen LogP contribution >= 0.6 is 0 Å². The van der Waals surface area contributed by atoms with Crippen molar-refractivity contribution in [3.05, 3.63) is 36.5 Å². The topological polar surface area (TPSA) is 74.8 Å². The van der Waals surface area contributed by atoms with Crippen LogP contribution in [0.4, 0.5) is 5.69 Å². The van der Waals surface area contributed by atoms with Crippen LogP contribution in [0.25, 0.3) is 11.0 Å². The minimum absolute atomic E-state index is 0.487. The lowest BCUT2D eigenvalue weighted by Crippen LogP contribution is -2.08. The first kappa shape index (κ1) is 9.72. The summed E-state index contributed by atoms with van der Waals surface area (Å²) in [5, 5.41) is 1.59. The van der Waals surface area contributed by atoms with Crippen molar-refractivity contribution in [3.8, 4) is 0 Å². The molecule has 0 bridgehead atoms. The van der Waals surface area contributed by atoms with Gasteiger partial charge in [0.15, 0.2) is 0 Å². The summed E-state index contributed by atoms with van der Waals surface area (Å²) in [6, 6.07) is 3.35. The highest BCUT2D eigenvalue weighted by molar-refractivity contribution is 7.95. The van der Waals surface area contributed by atoms with E-state index in [9.17, 15) is 8.42 Å². The van der Waals surface area contributed by atoms with E-state index in [1.54, 1.807) is 18.3 Å². The van der Waals surface area contributed by atoms with E-state index in [2.05, 4.69) is 21.3 Å². The number of hydrogen-bond acceptors (Lipinski definition) is 3. The second kappa shape index (κ2) is 3.39. The lowest BCUT2D eigenvalue weighted by molar-refractivity contribution is 0.609.